The first-order valence-electron chi connectivity index (χ1n) is 10.2. The smallest absolute Gasteiger partial charge is 0.308 e. The van der Waals surface area contributed by atoms with Gasteiger partial charge in [-0.1, -0.05) is 19.8 Å². The number of esters is 1. The summed E-state index contributed by atoms with van der Waals surface area (Å²) in [5.74, 6) is 5.12. The lowest BCUT2D eigenvalue weighted by molar-refractivity contribution is -0.147. The average Bonchev–Trinajstić information content (AvgIpc) is 2.62. The van der Waals surface area contributed by atoms with Crippen molar-refractivity contribution in [3.63, 3.8) is 0 Å². The summed E-state index contributed by atoms with van der Waals surface area (Å²) < 4.78 is 4.92. The van der Waals surface area contributed by atoms with Crippen molar-refractivity contribution in [2.24, 2.45) is 35.5 Å². The second-order valence-corrected chi connectivity index (χ2v) is 8.83. The quantitative estimate of drug-likeness (QED) is 0.633. The van der Waals surface area contributed by atoms with E-state index in [1.807, 2.05) is 0 Å². The van der Waals surface area contributed by atoms with Gasteiger partial charge in [0.2, 0.25) is 0 Å². The minimum atomic E-state index is 0.0266. The maximum Gasteiger partial charge on any atom is 0.308 e. The predicted molar refractivity (Wildman–Crippen MR) is 94.0 cm³/mol. The van der Waals surface area contributed by atoms with Gasteiger partial charge in [0.1, 0.15) is 0 Å². The fourth-order valence-corrected chi connectivity index (χ4v) is 5.84. The molecule has 0 unspecified atom stereocenters. The third-order valence-corrected chi connectivity index (χ3v) is 7.52. The SMILES string of the molecule is COC(=O)C1CCC(C2CCC(C3CCC(C)CC3)CC2)CC1. The Bertz CT molecular complexity index is 367. The first-order chi connectivity index (χ1) is 11.2. The molecule has 3 aliphatic carbocycles. The van der Waals surface area contributed by atoms with E-state index in [2.05, 4.69) is 6.92 Å². The van der Waals surface area contributed by atoms with E-state index in [1.165, 1.54) is 71.3 Å². The number of methoxy groups -OCH3 is 1. The van der Waals surface area contributed by atoms with Crippen molar-refractivity contribution < 1.29 is 9.53 Å². The maximum atomic E-state index is 11.7. The van der Waals surface area contributed by atoms with Crippen LogP contribution in [0.1, 0.15) is 84.0 Å². The van der Waals surface area contributed by atoms with Crippen molar-refractivity contribution in [1.29, 1.82) is 0 Å². The van der Waals surface area contributed by atoms with Crippen molar-refractivity contribution in [3.05, 3.63) is 0 Å². The summed E-state index contributed by atoms with van der Waals surface area (Å²) in [6.07, 6.45) is 16.5. The predicted octanol–water partition coefficient (Wildman–Crippen LogP) is 5.60. The second-order valence-electron chi connectivity index (χ2n) is 8.83. The highest BCUT2D eigenvalue weighted by Gasteiger charge is 2.35. The Morgan fingerprint density at radius 3 is 1.39 bits per heavy atom. The third-order valence-electron chi connectivity index (χ3n) is 7.52. The molecule has 0 aliphatic heterocycles. The summed E-state index contributed by atoms with van der Waals surface area (Å²) in [5, 5.41) is 0. The van der Waals surface area contributed by atoms with Crippen molar-refractivity contribution in [2.45, 2.75) is 84.0 Å². The van der Waals surface area contributed by atoms with Gasteiger partial charge in [-0.15, -0.1) is 0 Å². The van der Waals surface area contributed by atoms with Crippen LogP contribution in [0.5, 0.6) is 0 Å². The zero-order valence-electron chi connectivity index (χ0n) is 15.3. The van der Waals surface area contributed by atoms with Crippen LogP contribution in [0.25, 0.3) is 0 Å². The van der Waals surface area contributed by atoms with Crippen LogP contribution in [0.15, 0.2) is 0 Å². The van der Waals surface area contributed by atoms with E-state index in [-0.39, 0.29) is 11.9 Å². The molecule has 3 saturated carbocycles. The number of carbonyl (C=O) groups excluding carboxylic acids is 1. The topological polar surface area (TPSA) is 26.3 Å². The van der Waals surface area contributed by atoms with Gasteiger partial charge in [-0.05, 0) is 93.8 Å². The number of carbonyl (C=O) groups is 1. The summed E-state index contributed by atoms with van der Waals surface area (Å²) in [5.41, 5.74) is 0. The molecule has 0 bridgehead atoms. The van der Waals surface area contributed by atoms with Gasteiger partial charge < -0.3 is 4.74 Å². The molecule has 0 N–H and O–H groups in total. The van der Waals surface area contributed by atoms with Crippen molar-refractivity contribution in [1.82, 2.24) is 0 Å². The van der Waals surface area contributed by atoms with E-state index in [1.54, 1.807) is 0 Å². The van der Waals surface area contributed by atoms with E-state index in [0.29, 0.717) is 0 Å². The minimum Gasteiger partial charge on any atom is -0.469 e. The molecule has 0 spiro atoms. The van der Waals surface area contributed by atoms with Crippen molar-refractivity contribution in [3.8, 4) is 0 Å². The zero-order chi connectivity index (χ0) is 16.2. The van der Waals surface area contributed by atoms with Crippen molar-refractivity contribution in [2.75, 3.05) is 7.11 Å². The van der Waals surface area contributed by atoms with E-state index >= 15 is 0 Å². The Balaban J connectivity index is 1.40. The normalized spacial score (nSPS) is 42.2. The van der Waals surface area contributed by atoms with Gasteiger partial charge in [-0.2, -0.15) is 0 Å². The Hall–Kier alpha value is -0.530. The van der Waals surface area contributed by atoms with E-state index < -0.39 is 0 Å². The molecule has 2 nitrogen and oxygen atoms in total. The molecule has 3 rings (SSSR count). The molecule has 23 heavy (non-hydrogen) atoms. The van der Waals surface area contributed by atoms with E-state index in [9.17, 15) is 4.79 Å². The van der Waals surface area contributed by atoms with Gasteiger partial charge in [0, 0.05) is 0 Å². The molecule has 2 heteroatoms. The van der Waals surface area contributed by atoms with Crippen LogP contribution in [0.3, 0.4) is 0 Å². The van der Waals surface area contributed by atoms with Crippen molar-refractivity contribution >= 4 is 5.97 Å². The first-order valence-corrected chi connectivity index (χ1v) is 10.2. The Labute approximate surface area is 142 Å². The highest BCUT2D eigenvalue weighted by atomic mass is 16.5. The summed E-state index contributed by atoms with van der Waals surface area (Å²) in [6, 6.07) is 0. The van der Waals surface area contributed by atoms with E-state index in [0.717, 1.165) is 42.4 Å². The molecular weight excluding hydrogens is 284 g/mol. The van der Waals surface area contributed by atoms with Crippen LogP contribution in [0, 0.1) is 35.5 Å². The Morgan fingerprint density at radius 2 is 1.00 bits per heavy atom. The fraction of sp³-hybridized carbons (Fsp3) is 0.952. The number of hydrogen-bond acceptors (Lipinski definition) is 2. The summed E-state index contributed by atoms with van der Waals surface area (Å²) in [6.45, 7) is 2.43. The first kappa shape index (κ1) is 17.3. The average molecular weight is 321 g/mol. The molecule has 0 radical (unpaired) electrons. The molecule has 0 saturated heterocycles. The van der Waals surface area contributed by atoms with Crippen LogP contribution in [-0.4, -0.2) is 13.1 Å². The lowest BCUT2D eigenvalue weighted by atomic mass is 9.65. The highest BCUT2D eigenvalue weighted by Crippen LogP contribution is 2.45. The molecule has 132 valence electrons. The molecule has 0 heterocycles. The second kappa shape index (κ2) is 8.03. The number of rotatable bonds is 3. The van der Waals surface area contributed by atoms with E-state index in [4.69, 9.17) is 4.74 Å². The lowest BCUT2D eigenvalue weighted by Gasteiger charge is -2.41. The van der Waals surface area contributed by atoms with Gasteiger partial charge >= 0.3 is 5.97 Å². The summed E-state index contributed by atoms with van der Waals surface area (Å²) in [7, 11) is 1.53. The highest BCUT2D eigenvalue weighted by molar-refractivity contribution is 5.72. The summed E-state index contributed by atoms with van der Waals surface area (Å²) >= 11 is 0. The molecule has 0 aromatic rings. The molecular formula is C21H36O2. The molecule has 0 aromatic carbocycles. The molecule has 0 atom stereocenters. The largest absolute Gasteiger partial charge is 0.469 e. The number of ether oxygens (including phenoxy) is 1. The van der Waals surface area contributed by atoms with Gasteiger partial charge in [-0.3, -0.25) is 4.79 Å². The van der Waals surface area contributed by atoms with Gasteiger partial charge in [-0.25, -0.2) is 0 Å². The monoisotopic (exact) mass is 320 g/mol. The van der Waals surface area contributed by atoms with Gasteiger partial charge in [0.15, 0.2) is 0 Å². The summed E-state index contributed by atoms with van der Waals surface area (Å²) in [4.78, 5) is 11.7. The standard InChI is InChI=1S/C21H36O2/c1-15-3-5-16(6-4-15)17-7-9-18(10-8-17)19-11-13-20(14-12-19)21(22)23-2/h15-20H,3-14H2,1-2H3. The maximum absolute atomic E-state index is 11.7. The van der Waals surface area contributed by atoms with Crippen LogP contribution in [-0.2, 0) is 9.53 Å². The van der Waals surface area contributed by atoms with Crippen LogP contribution < -0.4 is 0 Å². The van der Waals surface area contributed by atoms with Gasteiger partial charge in [0.05, 0.1) is 13.0 Å². The molecule has 0 amide bonds. The van der Waals surface area contributed by atoms with Gasteiger partial charge in [0.25, 0.3) is 0 Å². The Morgan fingerprint density at radius 1 is 0.652 bits per heavy atom. The zero-order valence-corrected chi connectivity index (χ0v) is 15.3. The molecule has 0 aromatic heterocycles. The third kappa shape index (κ3) is 4.31. The fourth-order valence-electron chi connectivity index (χ4n) is 5.84. The van der Waals surface area contributed by atoms with Crippen LogP contribution >= 0.6 is 0 Å². The molecule has 3 aliphatic rings. The minimum absolute atomic E-state index is 0.0266. The number of hydrogen-bond donors (Lipinski definition) is 0. The lowest BCUT2D eigenvalue weighted by Crippen LogP contribution is -2.31. The van der Waals surface area contributed by atoms with Crippen LogP contribution in [0.2, 0.25) is 0 Å². The molecule has 3 fully saturated rings. The van der Waals surface area contributed by atoms with Crippen LogP contribution in [0.4, 0.5) is 0 Å². The Kier molecular flexibility index (Phi) is 6.04.